The van der Waals surface area contributed by atoms with Gasteiger partial charge in [0, 0.05) is 37.1 Å². The third kappa shape index (κ3) is 2.89. The second-order valence-electron chi connectivity index (χ2n) is 6.29. The van der Waals surface area contributed by atoms with Crippen LogP contribution >= 0.6 is 0 Å². The minimum atomic E-state index is 0.171. The summed E-state index contributed by atoms with van der Waals surface area (Å²) in [5.41, 5.74) is 1.92. The molecule has 24 heavy (non-hydrogen) atoms. The lowest BCUT2D eigenvalue weighted by Gasteiger charge is -2.33. The first-order chi connectivity index (χ1) is 11.8. The summed E-state index contributed by atoms with van der Waals surface area (Å²) in [5, 5.41) is 5.41. The Hall–Kier alpha value is -2.69. The van der Waals surface area contributed by atoms with E-state index in [0.29, 0.717) is 6.42 Å². The highest BCUT2D eigenvalue weighted by atomic mass is 16.2. The number of fused-ring (bicyclic) bond motifs is 1. The smallest absolute Gasteiger partial charge is 0.227 e. The van der Waals surface area contributed by atoms with Crippen LogP contribution in [0.15, 0.2) is 55.0 Å². The van der Waals surface area contributed by atoms with Gasteiger partial charge < -0.3 is 4.90 Å². The number of benzene rings is 1. The maximum Gasteiger partial charge on any atom is 0.227 e. The van der Waals surface area contributed by atoms with Gasteiger partial charge in [0.2, 0.25) is 5.91 Å². The van der Waals surface area contributed by atoms with Crippen molar-refractivity contribution < 1.29 is 4.79 Å². The lowest BCUT2D eigenvalue weighted by atomic mass is 10.0. The Morgan fingerprint density at radius 1 is 1.17 bits per heavy atom. The minimum Gasteiger partial charge on any atom is -0.340 e. The lowest BCUT2D eigenvalue weighted by Crippen LogP contribution is -2.41. The normalized spacial score (nSPS) is 18.0. The van der Waals surface area contributed by atoms with Gasteiger partial charge in [-0.15, -0.1) is 0 Å². The van der Waals surface area contributed by atoms with E-state index in [-0.39, 0.29) is 11.9 Å². The number of hydrogen-bond acceptors (Lipinski definition) is 3. The molecule has 1 aliphatic heterocycles. The van der Waals surface area contributed by atoms with Gasteiger partial charge in [0.25, 0.3) is 0 Å². The Bertz CT molecular complexity index is 838. The molecule has 3 heterocycles. The predicted octanol–water partition coefficient (Wildman–Crippen LogP) is 2.84. The Morgan fingerprint density at radius 3 is 2.96 bits per heavy atom. The molecule has 0 saturated carbocycles. The van der Waals surface area contributed by atoms with E-state index in [2.05, 4.69) is 10.1 Å². The summed E-state index contributed by atoms with van der Waals surface area (Å²) in [6.07, 6.45) is 8.05. The zero-order valence-electron chi connectivity index (χ0n) is 13.5. The monoisotopic (exact) mass is 320 g/mol. The molecule has 1 atom stereocenters. The molecule has 0 unspecified atom stereocenters. The molecular weight excluding hydrogens is 300 g/mol. The third-order valence-electron chi connectivity index (χ3n) is 4.71. The predicted molar refractivity (Wildman–Crippen MR) is 92.5 cm³/mol. The van der Waals surface area contributed by atoms with E-state index in [9.17, 15) is 4.79 Å². The van der Waals surface area contributed by atoms with Crippen molar-refractivity contribution in [3.63, 3.8) is 0 Å². The molecule has 0 radical (unpaired) electrons. The first-order valence-electron chi connectivity index (χ1n) is 8.41. The summed E-state index contributed by atoms with van der Waals surface area (Å²) in [6, 6.07) is 12.2. The van der Waals surface area contributed by atoms with Gasteiger partial charge in [0.15, 0.2) is 0 Å². The number of amides is 1. The number of rotatable bonds is 3. The zero-order chi connectivity index (χ0) is 16.4. The van der Waals surface area contributed by atoms with Crippen molar-refractivity contribution in [2.75, 3.05) is 13.1 Å². The number of likely N-dealkylation sites (tertiary alicyclic amines) is 1. The highest BCUT2D eigenvalue weighted by Crippen LogP contribution is 2.22. The van der Waals surface area contributed by atoms with Gasteiger partial charge in [-0.1, -0.05) is 24.3 Å². The summed E-state index contributed by atoms with van der Waals surface area (Å²) >= 11 is 0. The summed E-state index contributed by atoms with van der Waals surface area (Å²) in [4.78, 5) is 19.2. The SMILES string of the molecule is O=C(Cc1cccc2cccnc12)N1CCC[C@H](n2cccn2)C1. The molecule has 0 bridgehead atoms. The van der Waals surface area contributed by atoms with Crippen LogP contribution in [0.25, 0.3) is 10.9 Å². The van der Waals surface area contributed by atoms with Crippen LogP contribution < -0.4 is 0 Å². The fourth-order valence-electron chi connectivity index (χ4n) is 3.48. The molecule has 4 rings (SSSR count). The molecule has 1 aliphatic rings. The zero-order valence-corrected chi connectivity index (χ0v) is 13.5. The van der Waals surface area contributed by atoms with Crippen LogP contribution in [0, 0.1) is 0 Å². The van der Waals surface area contributed by atoms with E-state index in [1.54, 1.807) is 12.4 Å². The number of carbonyl (C=O) groups is 1. The van der Waals surface area contributed by atoms with Crippen LogP contribution in [0.4, 0.5) is 0 Å². The van der Waals surface area contributed by atoms with Crippen molar-refractivity contribution in [2.45, 2.75) is 25.3 Å². The number of pyridine rings is 1. The summed E-state index contributed by atoms with van der Waals surface area (Å²) in [5.74, 6) is 0.171. The first kappa shape index (κ1) is 14.9. The largest absolute Gasteiger partial charge is 0.340 e. The van der Waals surface area contributed by atoms with Gasteiger partial charge in [-0.25, -0.2) is 0 Å². The molecule has 1 amide bonds. The van der Waals surface area contributed by atoms with Crippen LogP contribution in [0.3, 0.4) is 0 Å². The Morgan fingerprint density at radius 2 is 2.08 bits per heavy atom. The number of piperidine rings is 1. The summed E-state index contributed by atoms with van der Waals surface area (Å²) in [7, 11) is 0. The van der Waals surface area contributed by atoms with Crippen molar-refractivity contribution in [3.8, 4) is 0 Å². The minimum absolute atomic E-state index is 0.171. The second-order valence-corrected chi connectivity index (χ2v) is 6.29. The Kier molecular flexibility index (Phi) is 3.99. The number of aromatic nitrogens is 3. The number of hydrogen-bond donors (Lipinski definition) is 0. The molecule has 0 N–H and O–H groups in total. The van der Waals surface area contributed by atoms with Crippen molar-refractivity contribution in [2.24, 2.45) is 0 Å². The van der Waals surface area contributed by atoms with Gasteiger partial charge in [-0.3, -0.25) is 14.5 Å². The lowest BCUT2D eigenvalue weighted by molar-refractivity contribution is -0.132. The quantitative estimate of drug-likeness (QED) is 0.745. The maximum atomic E-state index is 12.8. The van der Waals surface area contributed by atoms with Crippen LogP contribution in [0.5, 0.6) is 0 Å². The van der Waals surface area contributed by atoms with E-state index in [4.69, 9.17) is 0 Å². The van der Waals surface area contributed by atoms with Gasteiger partial charge in [-0.05, 0) is 30.5 Å². The Labute approximate surface area is 140 Å². The topological polar surface area (TPSA) is 51.0 Å². The molecule has 3 aromatic rings. The highest BCUT2D eigenvalue weighted by Gasteiger charge is 2.25. The molecule has 5 heteroatoms. The first-order valence-corrected chi connectivity index (χ1v) is 8.41. The molecule has 0 spiro atoms. The highest BCUT2D eigenvalue weighted by molar-refractivity contribution is 5.87. The molecule has 0 aliphatic carbocycles. The van der Waals surface area contributed by atoms with Crippen LogP contribution in [0.2, 0.25) is 0 Å². The number of nitrogens with zero attached hydrogens (tertiary/aromatic N) is 4. The van der Waals surface area contributed by atoms with Crippen molar-refractivity contribution in [1.29, 1.82) is 0 Å². The van der Waals surface area contributed by atoms with Gasteiger partial charge in [0.1, 0.15) is 0 Å². The number of carbonyl (C=O) groups excluding carboxylic acids is 1. The van der Waals surface area contributed by atoms with E-state index < -0.39 is 0 Å². The van der Waals surface area contributed by atoms with Crippen molar-refractivity contribution in [1.82, 2.24) is 19.7 Å². The summed E-state index contributed by atoms with van der Waals surface area (Å²) < 4.78 is 1.97. The van der Waals surface area contributed by atoms with Crippen LogP contribution in [-0.4, -0.2) is 38.7 Å². The van der Waals surface area contributed by atoms with E-state index in [1.165, 1.54) is 0 Å². The summed E-state index contributed by atoms with van der Waals surface area (Å²) in [6.45, 7) is 1.56. The molecule has 2 aromatic heterocycles. The van der Waals surface area contributed by atoms with Crippen molar-refractivity contribution >= 4 is 16.8 Å². The molecule has 1 saturated heterocycles. The third-order valence-corrected chi connectivity index (χ3v) is 4.71. The van der Waals surface area contributed by atoms with Crippen LogP contribution in [0.1, 0.15) is 24.4 Å². The van der Waals surface area contributed by atoms with Gasteiger partial charge in [-0.2, -0.15) is 5.10 Å². The fraction of sp³-hybridized carbons (Fsp3) is 0.316. The fourth-order valence-corrected chi connectivity index (χ4v) is 3.48. The van der Waals surface area contributed by atoms with E-state index >= 15 is 0 Å². The van der Waals surface area contributed by atoms with E-state index in [1.807, 2.05) is 52.2 Å². The average molecular weight is 320 g/mol. The molecule has 1 fully saturated rings. The van der Waals surface area contributed by atoms with Gasteiger partial charge >= 0.3 is 0 Å². The van der Waals surface area contributed by atoms with Gasteiger partial charge in [0.05, 0.1) is 18.0 Å². The van der Waals surface area contributed by atoms with E-state index in [0.717, 1.165) is 42.4 Å². The van der Waals surface area contributed by atoms with Crippen molar-refractivity contribution in [3.05, 3.63) is 60.6 Å². The molecular formula is C19H20N4O. The molecule has 5 nitrogen and oxygen atoms in total. The standard InChI is InChI=1S/C19H20N4O/c24-18(13-16-6-1-5-15-7-2-9-20-19(15)16)22-11-3-8-17(14-22)23-12-4-10-21-23/h1-2,4-7,9-10,12,17H,3,8,11,13-14H2/t17-/m0/s1. The average Bonchev–Trinajstić information content (AvgIpc) is 3.17. The second kappa shape index (κ2) is 6.43. The van der Waals surface area contributed by atoms with Crippen LogP contribution in [-0.2, 0) is 11.2 Å². The molecule has 1 aromatic carbocycles. The number of para-hydroxylation sites is 1. The molecule has 122 valence electrons. The maximum absolute atomic E-state index is 12.8. The Balaban J connectivity index is 1.51.